The molecule has 46 heavy (non-hydrogen) atoms. The Balaban J connectivity index is 0.000000241. The minimum Gasteiger partial charge on any atom is -0.501 e. The van der Waals surface area contributed by atoms with Gasteiger partial charge in [0.05, 0.1) is 36.7 Å². The quantitative estimate of drug-likeness (QED) is 0.132. The predicted molar refractivity (Wildman–Crippen MR) is 187 cm³/mol. The minimum atomic E-state index is -1.45. The Bertz CT molecular complexity index is 2220. The first-order chi connectivity index (χ1) is 21.9. The number of aromatic nitrogens is 4. The molecule has 0 aliphatic rings. The molecule has 0 aliphatic carbocycles. The van der Waals surface area contributed by atoms with E-state index in [9.17, 15) is 0 Å². The van der Waals surface area contributed by atoms with Crippen LogP contribution in [0, 0.1) is 19.1 Å². The summed E-state index contributed by atoms with van der Waals surface area (Å²) < 4.78 is 8.68. The number of fused-ring (bicyclic) bond motifs is 4. The normalized spacial score (nSPS) is 11.3. The Labute approximate surface area is 283 Å². The molecule has 0 aliphatic heterocycles. The topological polar surface area (TPSA) is 56.7 Å². The Morgan fingerprint density at radius 3 is 2.30 bits per heavy atom. The monoisotopic (exact) mass is 793 g/mol. The second-order valence-electron chi connectivity index (χ2n) is 12.1. The molecular formula is C39H32IrN4OSi-2. The van der Waals surface area contributed by atoms with Crippen LogP contribution in [0.5, 0.6) is 0 Å². The summed E-state index contributed by atoms with van der Waals surface area (Å²) in [6, 6.07) is 43.4. The molecule has 0 atom stereocenters. The third kappa shape index (κ3) is 6.09. The van der Waals surface area contributed by atoms with Crippen molar-refractivity contribution in [2.24, 2.45) is 0 Å². The number of aryl methyl sites for hydroxylation is 1. The molecule has 0 spiro atoms. The summed E-state index contributed by atoms with van der Waals surface area (Å²) in [6.07, 6.45) is 3.63. The number of hydrogen-bond donors (Lipinski definition) is 0. The summed E-state index contributed by atoms with van der Waals surface area (Å²) in [6.45, 7) is 9.07. The molecule has 229 valence electrons. The molecule has 0 bridgehead atoms. The van der Waals surface area contributed by atoms with Crippen LogP contribution in [0.2, 0.25) is 19.6 Å². The fourth-order valence-electron chi connectivity index (χ4n) is 5.54. The number of imidazole rings is 1. The van der Waals surface area contributed by atoms with Gasteiger partial charge in [-0.1, -0.05) is 78.2 Å². The third-order valence-corrected chi connectivity index (χ3v) is 9.91. The second-order valence-corrected chi connectivity index (χ2v) is 17.1. The van der Waals surface area contributed by atoms with Crippen LogP contribution >= 0.6 is 0 Å². The van der Waals surface area contributed by atoms with Crippen LogP contribution in [-0.2, 0) is 20.1 Å². The molecule has 0 unspecified atom stereocenters. The van der Waals surface area contributed by atoms with E-state index in [0.717, 1.165) is 67.0 Å². The van der Waals surface area contributed by atoms with E-state index in [0.29, 0.717) is 0 Å². The van der Waals surface area contributed by atoms with Gasteiger partial charge in [0.2, 0.25) is 0 Å². The second kappa shape index (κ2) is 13.0. The number of rotatable bonds is 4. The molecule has 8 rings (SSSR count). The van der Waals surface area contributed by atoms with Crippen molar-refractivity contribution in [3.8, 4) is 28.3 Å². The van der Waals surface area contributed by atoms with Crippen LogP contribution in [0.4, 0.5) is 0 Å². The standard InChI is InChI=1S/C28H24N3OSi.C11H8N.Ir/c1-18-15-25-24(17-29-18)30-28(31(25)19-9-6-5-7-10-19)23-12-8-11-22-21-14-13-20(33(2,3)4)16-26(21)32-27(22)23;1-2-6-10(7-3-1)11-8-4-5-9-12-11;/h5-11,13-17H,1-4H3;1-6,8-9H;/q2*-1;. The van der Waals surface area contributed by atoms with Gasteiger partial charge in [-0.05, 0) is 42.9 Å². The first-order valence-electron chi connectivity index (χ1n) is 15.0. The summed E-state index contributed by atoms with van der Waals surface area (Å²) in [4.78, 5) is 13.7. The van der Waals surface area contributed by atoms with E-state index >= 15 is 0 Å². The van der Waals surface area contributed by atoms with Gasteiger partial charge in [-0.15, -0.1) is 54.1 Å². The van der Waals surface area contributed by atoms with E-state index in [2.05, 4.69) is 88.8 Å². The number of furan rings is 1. The molecule has 4 aromatic carbocycles. The van der Waals surface area contributed by atoms with Gasteiger partial charge in [-0.3, -0.25) is 9.97 Å². The fraction of sp³-hybridized carbons (Fsp3) is 0.103. The molecule has 0 saturated heterocycles. The van der Waals surface area contributed by atoms with Crippen LogP contribution < -0.4 is 5.19 Å². The molecule has 4 heterocycles. The van der Waals surface area contributed by atoms with Gasteiger partial charge in [0, 0.05) is 43.1 Å². The number of nitrogens with zero attached hydrogens (tertiary/aromatic N) is 4. The molecule has 0 fully saturated rings. The molecule has 1 radical (unpaired) electrons. The van der Waals surface area contributed by atoms with Crippen molar-refractivity contribution in [1.82, 2.24) is 19.5 Å². The predicted octanol–water partition coefficient (Wildman–Crippen LogP) is 9.19. The van der Waals surface area contributed by atoms with Crippen molar-refractivity contribution in [3.05, 3.63) is 139 Å². The zero-order valence-corrected chi connectivity index (χ0v) is 29.5. The molecule has 7 heteroatoms. The van der Waals surface area contributed by atoms with Crippen molar-refractivity contribution in [2.75, 3.05) is 0 Å². The van der Waals surface area contributed by atoms with E-state index in [1.807, 2.05) is 79.9 Å². The maximum Gasteiger partial charge on any atom is 0.120 e. The van der Waals surface area contributed by atoms with Gasteiger partial charge in [0.15, 0.2) is 0 Å². The zero-order valence-electron chi connectivity index (χ0n) is 26.1. The maximum atomic E-state index is 6.51. The van der Waals surface area contributed by atoms with Gasteiger partial charge in [0.25, 0.3) is 0 Å². The van der Waals surface area contributed by atoms with Crippen LogP contribution in [0.3, 0.4) is 0 Å². The largest absolute Gasteiger partial charge is 0.501 e. The van der Waals surface area contributed by atoms with Crippen molar-refractivity contribution < 1.29 is 24.5 Å². The van der Waals surface area contributed by atoms with Gasteiger partial charge < -0.3 is 14.0 Å². The maximum absolute atomic E-state index is 6.51. The summed E-state index contributed by atoms with van der Waals surface area (Å²) in [5, 5.41) is 3.60. The van der Waals surface area contributed by atoms with E-state index in [4.69, 9.17) is 9.40 Å². The molecular weight excluding hydrogens is 761 g/mol. The van der Waals surface area contributed by atoms with Gasteiger partial charge in [-0.25, -0.2) is 0 Å². The first-order valence-corrected chi connectivity index (χ1v) is 18.5. The molecule has 8 aromatic rings. The Kier molecular flexibility index (Phi) is 8.83. The van der Waals surface area contributed by atoms with Crippen molar-refractivity contribution >= 4 is 46.2 Å². The number of hydrogen-bond acceptors (Lipinski definition) is 4. The van der Waals surface area contributed by atoms with Crippen LogP contribution in [0.15, 0.2) is 126 Å². The number of para-hydroxylation sites is 1. The van der Waals surface area contributed by atoms with Crippen LogP contribution in [0.25, 0.3) is 61.3 Å². The smallest absolute Gasteiger partial charge is 0.120 e. The molecule has 5 nitrogen and oxygen atoms in total. The number of pyridine rings is 2. The van der Waals surface area contributed by atoms with Gasteiger partial charge >= 0.3 is 0 Å². The van der Waals surface area contributed by atoms with Gasteiger partial charge in [-0.2, -0.15) is 0 Å². The molecule has 0 N–H and O–H groups in total. The summed E-state index contributed by atoms with van der Waals surface area (Å²) in [5.74, 6) is 0.804. The Hall–Kier alpha value is -4.68. The molecule has 4 aromatic heterocycles. The first kappa shape index (κ1) is 31.3. The van der Waals surface area contributed by atoms with Crippen molar-refractivity contribution in [2.45, 2.75) is 26.6 Å². The zero-order chi connectivity index (χ0) is 31.0. The van der Waals surface area contributed by atoms with Crippen molar-refractivity contribution in [1.29, 1.82) is 0 Å². The summed E-state index contributed by atoms with van der Waals surface area (Å²) in [7, 11) is -1.45. The number of benzene rings is 4. The van der Waals surface area contributed by atoms with E-state index in [1.54, 1.807) is 6.20 Å². The summed E-state index contributed by atoms with van der Waals surface area (Å²) in [5.41, 5.74) is 8.47. The van der Waals surface area contributed by atoms with E-state index in [1.165, 1.54) is 5.19 Å². The van der Waals surface area contributed by atoms with E-state index < -0.39 is 8.07 Å². The fourth-order valence-corrected chi connectivity index (χ4v) is 6.68. The SMILES string of the molecule is Cc1cc2c(cn1)nc(-c1[c-]ccc3c1oc1cc([Si](C)(C)C)ccc13)n2-c1ccccc1.[Ir].[c-]1ccccc1-c1ccccn1. The molecule has 0 amide bonds. The third-order valence-electron chi connectivity index (χ3n) is 7.86. The Morgan fingerprint density at radius 2 is 1.57 bits per heavy atom. The summed E-state index contributed by atoms with van der Waals surface area (Å²) >= 11 is 0. The van der Waals surface area contributed by atoms with Crippen molar-refractivity contribution in [3.63, 3.8) is 0 Å². The average molecular weight is 793 g/mol. The van der Waals surface area contributed by atoms with Gasteiger partial charge in [0.1, 0.15) is 5.58 Å². The molecule has 0 saturated carbocycles. The van der Waals surface area contributed by atoms with E-state index in [-0.39, 0.29) is 20.1 Å². The minimum absolute atomic E-state index is 0. The van der Waals surface area contributed by atoms with Crippen LogP contribution in [0.1, 0.15) is 5.69 Å². The Morgan fingerprint density at radius 1 is 0.761 bits per heavy atom. The average Bonchev–Trinajstić information content (AvgIpc) is 3.64. The van der Waals surface area contributed by atoms with Crippen LogP contribution in [-0.4, -0.2) is 27.6 Å².